The molecule has 44 heavy (non-hydrogen) atoms. The van der Waals surface area contributed by atoms with Crippen molar-refractivity contribution in [3.05, 3.63) is 99.3 Å². The lowest BCUT2D eigenvalue weighted by Gasteiger charge is -2.31. The topological polar surface area (TPSA) is 104 Å². The predicted molar refractivity (Wildman–Crippen MR) is 168 cm³/mol. The number of carboxylic acid groups (broad SMARTS) is 1. The van der Waals surface area contributed by atoms with Crippen molar-refractivity contribution in [2.75, 3.05) is 19.6 Å². The monoisotopic (exact) mass is 640 g/mol. The molecule has 234 valence electrons. The van der Waals surface area contributed by atoms with E-state index in [9.17, 15) is 27.5 Å². The molecule has 1 unspecified atom stereocenters. The molecule has 1 atom stereocenters. The van der Waals surface area contributed by atoms with Gasteiger partial charge in [-0.2, -0.15) is 0 Å². The summed E-state index contributed by atoms with van der Waals surface area (Å²) in [5.74, 6) is -1.14. The highest BCUT2D eigenvalue weighted by Gasteiger charge is 2.28. The summed E-state index contributed by atoms with van der Waals surface area (Å²) in [7, 11) is -3.70. The van der Waals surface area contributed by atoms with Crippen LogP contribution in [0, 0.1) is 11.7 Å². The number of likely N-dealkylation sites (tertiary alicyclic amines) is 1. The number of nitrogens with one attached hydrogen (secondary N) is 1. The summed E-state index contributed by atoms with van der Waals surface area (Å²) in [4.78, 5) is 26.7. The molecule has 1 fully saturated rings. The summed E-state index contributed by atoms with van der Waals surface area (Å²) in [5, 5.41) is 9.80. The second kappa shape index (κ2) is 14.3. The molecule has 10 heteroatoms. The van der Waals surface area contributed by atoms with Gasteiger partial charge in [-0.15, -0.1) is 0 Å². The van der Waals surface area contributed by atoms with Crippen molar-refractivity contribution >= 4 is 33.4 Å². The minimum absolute atomic E-state index is 0.0424. The molecular weight excluding hydrogens is 603 g/mol. The van der Waals surface area contributed by atoms with Crippen molar-refractivity contribution in [3.63, 3.8) is 0 Å². The molecular formula is C34H38ClFN2O5S. The molecule has 1 saturated heterocycles. The number of Topliss-reactive ketones (excluding diaryl/α,β-unsaturated/α-hetero) is 1. The van der Waals surface area contributed by atoms with Gasteiger partial charge in [0.1, 0.15) is 5.82 Å². The van der Waals surface area contributed by atoms with Crippen LogP contribution in [0.1, 0.15) is 64.7 Å². The maximum absolute atomic E-state index is 13.2. The Bertz CT molecular complexity index is 1590. The van der Waals surface area contributed by atoms with Gasteiger partial charge in [-0.3, -0.25) is 9.59 Å². The Balaban J connectivity index is 1.19. The van der Waals surface area contributed by atoms with E-state index in [0.29, 0.717) is 36.3 Å². The number of carboxylic acids is 1. The molecule has 0 spiro atoms. The van der Waals surface area contributed by atoms with Crippen molar-refractivity contribution in [2.45, 2.75) is 68.7 Å². The number of nitrogens with zero attached hydrogens (tertiary/aromatic N) is 1. The van der Waals surface area contributed by atoms with Crippen molar-refractivity contribution in [3.8, 4) is 0 Å². The summed E-state index contributed by atoms with van der Waals surface area (Å²) in [5.41, 5.74) is 4.96. The minimum atomic E-state index is -3.70. The zero-order valence-corrected chi connectivity index (χ0v) is 26.2. The largest absolute Gasteiger partial charge is 0.481 e. The third-order valence-electron chi connectivity index (χ3n) is 8.78. The lowest BCUT2D eigenvalue weighted by Crippen LogP contribution is -2.39. The quantitative estimate of drug-likeness (QED) is 0.241. The number of sulfonamides is 1. The lowest BCUT2D eigenvalue weighted by atomic mass is 9.83. The van der Waals surface area contributed by atoms with E-state index < -0.39 is 16.0 Å². The van der Waals surface area contributed by atoms with Gasteiger partial charge in [0.2, 0.25) is 10.0 Å². The van der Waals surface area contributed by atoms with Gasteiger partial charge in [-0.25, -0.2) is 17.5 Å². The maximum Gasteiger partial charge on any atom is 0.303 e. The van der Waals surface area contributed by atoms with Gasteiger partial charge in [0, 0.05) is 29.0 Å². The Kier molecular flexibility index (Phi) is 10.5. The van der Waals surface area contributed by atoms with E-state index in [2.05, 4.69) is 21.8 Å². The Hall–Kier alpha value is -3.11. The molecule has 1 heterocycles. The van der Waals surface area contributed by atoms with E-state index in [-0.39, 0.29) is 34.9 Å². The van der Waals surface area contributed by atoms with Crippen LogP contribution in [0.15, 0.2) is 65.6 Å². The van der Waals surface area contributed by atoms with E-state index in [4.69, 9.17) is 11.6 Å². The molecule has 0 radical (unpaired) electrons. The minimum Gasteiger partial charge on any atom is -0.481 e. The van der Waals surface area contributed by atoms with E-state index >= 15 is 0 Å². The highest BCUT2D eigenvalue weighted by atomic mass is 35.5. The van der Waals surface area contributed by atoms with Crippen LogP contribution in [0.3, 0.4) is 0 Å². The number of ketones is 1. The number of aryl methyl sites for hydroxylation is 2. The predicted octanol–water partition coefficient (Wildman–Crippen LogP) is 5.86. The highest BCUT2D eigenvalue weighted by Crippen LogP contribution is 2.29. The molecule has 0 bridgehead atoms. The van der Waals surface area contributed by atoms with Gasteiger partial charge in [0.25, 0.3) is 0 Å². The van der Waals surface area contributed by atoms with E-state index in [1.807, 2.05) is 0 Å². The lowest BCUT2D eigenvalue weighted by molar-refractivity contribution is -0.136. The molecule has 5 rings (SSSR count). The molecule has 2 aliphatic rings. The fourth-order valence-electron chi connectivity index (χ4n) is 6.45. The Labute approximate surface area is 263 Å². The average molecular weight is 641 g/mol. The molecule has 0 aromatic heterocycles. The zero-order chi connectivity index (χ0) is 31.3. The molecule has 0 saturated carbocycles. The van der Waals surface area contributed by atoms with Crippen LogP contribution in [-0.2, 0) is 40.5 Å². The molecule has 3 aromatic carbocycles. The first-order valence-electron chi connectivity index (χ1n) is 15.2. The van der Waals surface area contributed by atoms with Crippen LogP contribution in [0.2, 0.25) is 5.02 Å². The number of aliphatic carboxylic acids is 1. The van der Waals surface area contributed by atoms with Crippen LogP contribution in [-0.4, -0.2) is 55.9 Å². The van der Waals surface area contributed by atoms with E-state index in [1.165, 1.54) is 24.3 Å². The fourth-order valence-corrected chi connectivity index (χ4v) is 7.84. The molecule has 0 amide bonds. The second-order valence-corrected chi connectivity index (χ2v) is 14.0. The number of fused-ring (bicyclic) bond motifs is 1. The summed E-state index contributed by atoms with van der Waals surface area (Å²) < 4.78 is 42.1. The summed E-state index contributed by atoms with van der Waals surface area (Å²) in [6.07, 6.45) is 5.66. The second-order valence-electron chi connectivity index (χ2n) is 11.9. The van der Waals surface area contributed by atoms with Crippen LogP contribution < -0.4 is 4.72 Å². The molecule has 1 aliphatic heterocycles. The summed E-state index contributed by atoms with van der Waals surface area (Å²) >= 11 is 5.93. The first kappa shape index (κ1) is 32.3. The number of carbonyl (C=O) groups is 2. The average Bonchev–Trinajstić information content (AvgIpc) is 3.00. The number of carbonyl (C=O) groups excluding carboxylic acids is 1. The van der Waals surface area contributed by atoms with Crippen LogP contribution in [0.4, 0.5) is 4.39 Å². The first-order valence-corrected chi connectivity index (χ1v) is 17.1. The third-order valence-corrected chi connectivity index (χ3v) is 10.6. The maximum atomic E-state index is 13.2. The summed E-state index contributed by atoms with van der Waals surface area (Å²) in [6, 6.07) is 15.9. The third kappa shape index (κ3) is 8.33. The number of hydrogen-bond donors (Lipinski definition) is 2. The number of halogens is 2. The highest BCUT2D eigenvalue weighted by molar-refractivity contribution is 7.89. The Morgan fingerprint density at radius 1 is 0.977 bits per heavy atom. The zero-order valence-electron chi connectivity index (χ0n) is 24.6. The first-order chi connectivity index (χ1) is 21.1. The van der Waals surface area contributed by atoms with Crippen molar-refractivity contribution in [1.82, 2.24) is 9.62 Å². The van der Waals surface area contributed by atoms with Gasteiger partial charge in [0.15, 0.2) is 5.78 Å². The number of rotatable bonds is 12. The number of hydrogen-bond acceptors (Lipinski definition) is 5. The normalized spacial score (nSPS) is 17.7. The van der Waals surface area contributed by atoms with Gasteiger partial charge in [-0.1, -0.05) is 23.7 Å². The summed E-state index contributed by atoms with van der Waals surface area (Å²) in [6.45, 7) is 2.56. The number of piperidine rings is 1. The van der Waals surface area contributed by atoms with Gasteiger partial charge >= 0.3 is 5.97 Å². The smallest absolute Gasteiger partial charge is 0.303 e. The van der Waals surface area contributed by atoms with Crippen LogP contribution in [0.25, 0.3) is 0 Å². The standard InChI is InChI=1S/C34H38ClFN2O5S/c35-28-6-11-31(12-7-28)44(42,43)37-30-10-13-32-26(5-14-33(39)40)20-23(21-27(32)22-30)2-1-17-38-18-15-25(16-19-38)34(41)24-3-8-29(36)9-4-24/h3-4,6-9,11-12,20-21,25,30,37H,1-2,5,10,13-19,22H2,(H,39,40). The Morgan fingerprint density at radius 3 is 2.36 bits per heavy atom. The fraction of sp³-hybridized carbons (Fsp3) is 0.412. The van der Waals surface area contributed by atoms with Gasteiger partial charge in [-0.05, 0) is 142 Å². The van der Waals surface area contributed by atoms with Crippen molar-refractivity contribution < 1.29 is 27.5 Å². The Morgan fingerprint density at radius 2 is 1.68 bits per heavy atom. The van der Waals surface area contributed by atoms with E-state index in [0.717, 1.165) is 67.6 Å². The van der Waals surface area contributed by atoms with Crippen LogP contribution >= 0.6 is 11.6 Å². The molecule has 2 N–H and O–H groups in total. The molecule has 7 nitrogen and oxygen atoms in total. The number of benzene rings is 3. The van der Waals surface area contributed by atoms with Gasteiger partial charge in [0.05, 0.1) is 4.90 Å². The van der Waals surface area contributed by atoms with Crippen LogP contribution in [0.5, 0.6) is 0 Å². The SMILES string of the molecule is O=C(O)CCc1cc(CCCN2CCC(C(=O)c3ccc(F)cc3)CC2)cc2c1CCC(NS(=O)(=O)c1ccc(Cl)cc1)C2. The molecule has 1 aliphatic carbocycles. The van der Waals surface area contributed by atoms with Gasteiger partial charge < -0.3 is 10.0 Å². The molecule has 3 aromatic rings. The van der Waals surface area contributed by atoms with Crippen molar-refractivity contribution in [2.24, 2.45) is 5.92 Å². The van der Waals surface area contributed by atoms with E-state index in [1.54, 1.807) is 24.3 Å². The van der Waals surface area contributed by atoms with Crippen molar-refractivity contribution in [1.29, 1.82) is 0 Å².